The maximum atomic E-state index is 11.4. The first-order chi connectivity index (χ1) is 9.15. The monoisotopic (exact) mass is 263 g/mol. The van der Waals surface area contributed by atoms with Crippen molar-refractivity contribution in [2.24, 2.45) is 0 Å². The van der Waals surface area contributed by atoms with Gasteiger partial charge in [0.1, 0.15) is 0 Å². The number of carboxylic acids is 1. The van der Waals surface area contributed by atoms with Gasteiger partial charge in [-0.05, 0) is 25.0 Å². The lowest BCUT2D eigenvalue weighted by atomic mass is 10.2. The second kappa shape index (κ2) is 6.29. The summed E-state index contributed by atoms with van der Waals surface area (Å²) >= 11 is 0. The second-order valence-corrected chi connectivity index (χ2v) is 4.61. The van der Waals surface area contributed by atoms with Crippen molar-refractivity contribution in [3.63, 3.8) is 0 Å². The summed E-state index contributed by atoms with van der Waals surface area (Å²) in [6.07, 6.45) is 3.97. The van der Waals surface area contributed by atoms with Gasteiger partial charge < -0.3 is 15.7 Å². The Morgan fingerprint density at radius 1 is 1.37 bits per heavy atom. The van der Waals surface area contributed by atoms with E-state index in [2.05, 4.69) is 15.6 Å². The van der Waals surface area contributed by atoms with E-state index in [4.69, 9.17) is 5.11 Å². The van der Waals surface area contributed by atoms with E-state index >= 15 is 0 Å². The number of carbonyl (C=O) groups excluding carboxylic acids is 1. The highest BCUT2D eigenvalue weighted by Crippen LogP contribution is 2.18. The molecule has 0 aliphatic heterocycles. The highest BCUT2D eigenvalue weighted by Gasteiger charge is 2.22. The average molecular weight is 263 g/mol. The standard InChI is InChI=1S/C13H17N3O3/c17-12(16-10-3-4-10)5-6-14-8-11-2-1-9(7-15-11)13(18)19/h1-2,7,10,14H,3-6,8H2,(H,16,17)(H,18,19). The van der Waals surface area contributed by atoms with Crippen LogP contribution in [-0.4, -0.2) is 34.6 Å². The second-order valence-electron chi connectivity index (χ2n) is 4.61. The van der Waals surface area contributed by atoms with Crippen LogP contribution >= 0.6 is 0 Å². The zero-order valence-electron chi connectivity index (χ0n) is 10.6. The summed E-state index contributed by atoms with van der Waals surface area (Å²) in [5, 5.41) is 14.7. The third kappa shape index (κ3) is 4.67. The van der Waals surface area contributed by atoms with Crippen LogP contribution in [0.25, 0.3) is 0 Å². The fourth-order valence-electron chi connectivity index (χ4n) is 1.60. The predicted octanol–water partition coefficient (Wildman–Crippen LogP) is 0.538. The van der Waals surface area contributed by atoms with Crippen molar-refractivity contribution < 1.29 is 14.7 Å². The molecule has 2 rings (SSSR count). The highest BCUT2D eigenvalue weighted by molar-refractivity contribution is 5.87. The quantitative estimate of drug-likeness (QED) is 0.624. The van der Waals surface area contributed by atoms with Gasteiger partial charge in [-0.15, -0.1) is 0 Å². The predicted molar refractivity (Wildman–Crippen MR) is 68.7 cm³/mol. The van der Waals surface area contributed by atoms with Crippen LogP contribution in [0.15, 0.2) is 18.3 Å². The Morgan fingerprint density at radius 2 is 2.16 bits per heavy atom. The van der Waals surface area contributed by atoms with Crippen LogP contribution in [0.2, 0.25) is 0 Å². The van der Waals surface area contributed by atoms with Crippen LogP contribution < -0.4 is 10.6 Å². The van der Waals surface area contributed by atoms with Crippen molar-refractivity contribution in [1.82, 2.24) is 15.6 Å². The van der Waals surface area contributed by atoms with Gasteiger partial charge in [-0.3, -0.25) is 9.78 Å². The number of aromatic carboxylic acids is 1. The summed E-state index contributed by atoms with van der Waals surface area (Å²) in [5.74, 6) is -0.909. The third-order valence-electron chi connectivity index (χ3n) is 2.85. The lowest BCUT2D eigenvalue weighted by Crippen LogP contribution is -2.29. The molecule has 6 nitrogen and oxygen atoms in total. The van der Waals surface area contributed by atoms with Gasteiger partial charge in [0, 0.05) is 31.7 Å². The normalized spacial score (nSPS) is 14.1. The minimum Gasteiger partial charge on any atom is -0.478 e. The Kier molecular flexibility index (Phi) is 4.46. The first kappa shape index (κ1) is 13.5. The Hall–Kier alpha value is -1.95. The van der Waals surface area contributed by atoms with Crippen molar-refractivity contribution >= 4 is 11.9 Å². The van der Waals surface area contributed by atoms with Gasteiger partial charge in [0.05, 0.1) is 11.3 Å². The number of carboxylic acid groups (broad SMARTS) is 1. The van der Waals surface area contributed by atoms with E-state index < -0.39 is 5.97 Å². The molecule has 0 radical (unpaired) electrons. The fraction of sp³-hybridized carbons (Fsp3) is 0.462. The number of rotatable bonds is 7. The highest BCUT2D eigenvalue weighted by atomic mass is 16.4. The van der Waals surface area contributed by atoms with E-state index in [1.165, 1.54) is 12.3 Å². The molecular formula is C13H17N3O3. The number of aromatic nitrogens is 1. The molecule has 1 fully saturated rings. The lowest BCUT2D eigenvalue weighted by Gasteiger charge is -2.05. The van der Waals surface area contributed by atoms with Gasteiger partial charge in [-0.2, -0.15) is 0 Å². The summed E-state index contributed by atoms with van der Waals surface area (Å²) in [4.78, 5) is 26.1. The molecule has 1 amide bonds. The molecular weight excluding hydrogens is 246 g/mol. The topological polar surface area (TPSA) is 91.3 Å². The average Bonchev–Trinajstić information content (AvgIpc) is 3.19. The fourth-order valence-corrected chi connectivity index (χ4v) is 1.60. The Labute approximate surface area is 111 Å². The van der Waals surface area contributed by atoms with Crippen molar-refractivity contribution in [1.29, 1.82) is 0 Å². The van der Waals surface area contributed by atoms with Crippen molar-refractivity contribution in [2.75, 3.05) is 6.54 Å². The van der Waals surface area contributed by atoms with Gasteiger partial charge in [0.15, 0.2) is 0 Å². The summed E-state index contributed by atoms with van der Waals surface area (Å²) in [7, 11) is 0. The van der Waals surface area contributed by atoms with E-state index in [0.29, 0.717) is 25.6 Å². The molecule has 0 saturated heterocycles. The summed E-state index contributed by atoms with van der Waals surface area (Å²) in [5.41, 5.74) is 0.931. The van der Waals surface area contributed by atoms with E-state index in [1.54, 1.807) is 6.07 Å². The van der Waals surface area contributed by atoms with Crippen molar-refractivity contribution in [2.45, 2.75) is 31.8 Å². The largest absolute Gasteiger partial charge is 0.478 e. The molecule has 19 heavy (non-hydrogen) atoms. The molecule has 1 aliphatic rings. The molecule has 6 heteroatoms. The van der Waals surface area contributed by atoms with E-state index in [1.807, 2.05) is 0 Å². The molecule has 1 aromatic heterocycles. The van der Waals surface area contributed by atoms with Crippen molar-refractivity contribution in [3.05, 3.63) is 29.6 Å². The molecule has 1 heterocycles. The van der Waals surface area contributed by atoms with E-state index in [9.17, 15) is 9.59 Å². The van der Waals surface area contributed by atoms with Crippen LogP contribution in [0.5, 0.6) is 0 Å². The smallest absolute Gasteiger partial charge is 0.337 e. The minimum atomic E-state index is -0.983. The van der Waals surface area contributed by atoms with Gasteiger partial charge in [0.2, 0.25) is 5.91 Å². The lowest BCUT2D eigenvalue weighted by molar-refractivity contribution is -0.121. The van der Waals surface area contributed by atoms with E-state index in [-0.39, 0.29) is 11.5 Å². The number of pyridine rings is 1. The Morgan fingerprint density at radius 3 is 2.74 bits per heavy atom. The maximum Gasteiger partial charge on any atom is 0.337 e. The molecule has 1 aliphatic carbocycles. The first-order valence-electron chi connectivity index (χ1n) is 6.33. The zero-order valence-corrected chi connectivity index (χ0v) is 10.6. The zero-order chi connectivity index (χ0) is 13.7. The first-order valence-corrected chi connectivity index (χ1v) is 6.33. The minimum absolute atomic E-state index is 0.0733. The molecule has 3 N–H and O–H groups in total. The molecule has 0 spiro atoms. The summed E-state index contributed by atoms with van der Waals surface area (Å²) in [6, 6.07) is 3.59. The van der Waals surface area contributed by atoms with Crippen LogP contribution in [-0.2, 0) is 11.3 Å². The number of amides is 1. The molecule has 1 saturated carbocycles. The number of nitrogens with one attached hydrogen (secondary N) is 2. The van der Waals surface area contributed by atoms with Gasteiger partial charge in [0.25, 0.3) is 0 Å². The third-order valence-corrected chi connectivity index (χ3v) is 2.85. The molecule has 0 aromatic carbocycles. The number of hydrogen-bond acceptors (Lipinski definition) is 4. The summed E-state index contributed by atoms with van der Waals surface area (Å²) in [6.45, 7) is 1.11. The maximum absolute atomic E-state index is 11.4. The molecule has 0 atom stereocenters. The molecule has 0 bridgehead atoms. The number of hydrogen-bond donors (Lipinski definition) is 3. The van der Waals surface area contributed by atoms with Gasteiger partial charge in [-0.25, -0.2) is 4.79 Å². The van der Waals surface area contributed by atoms with Crippen LogP contribution in [0.3, 0.4) is 0 Å². The summed E-state index contributed by atoms with van der Waals surface area (Å²) < 4.78 is 0. The van der Waals surface area contributed by atoms with Crippen molar-refractivity contribution in [3.8, 4) is 0 Å². The van der Waals surface area contributed by atoms with Gasteiger partial charge in [-0.1, -0.05) is 0 Å². The molecule has 102 valence electrons. The van der Waals surface area contributed by atoms with Crippen LogP contribution in [0.1, 0.15) is 35.3 Å². The Bertz CT molecular complexity index is 455. The number of carbonyl (C=O) groups is 2. The Balaban J connectivity index is 1.64. The number of nitrogens with zero attached hydrogens (tertiary/aromatic N) is 1. The SMILES string of the molecule is O=C(CCNCc1ccc(C(=O)O)cn1)NC1CC1. The van der Waals surface area contributed by atoms with Crippen LogP contribution in [0.4, 0.5) is 0 Å². The molecule has 1 aromatic rings. The molecule has 0 unspecified atom stereocenters. The van der Waals surface area contributed by atoms with Crippen LogP contribution in [0, 0.1) is 0 Å². The van der Waals surface area contributed by atoms with Gasteiger partial charge >= 0.3 is 5.97 Å². The van der Waals surface area contributed by atoms with E-state index in [0.717, 1.165) is 18.5 Å².